The number of rotatable bonds is 6. The summed E-state index contributed by atoms with van der Waals surface area (Å²) in [4.78, 5) is 14.8. The number of nitrogens with one attached hydrogen (secondary N) is 1. The third-order valence-corrected chi connectivity index (χ3v) is 6.94. The van der Waals surface area contributed by atoms with Gasteiger partial charge in [-0.25, -0.2) is 22.6 Å². The Balaban J connectivity index is 1.30. The largest absolute Gasteiger partial charge is 0.350 e. The van der Waals surface area contributed by atoms with Gasteiger partial charge in [0.25, 0.3) is 0 Å². The standard InChI is InChI=1S/C19H22ClN5O3S/c20-15-4-6-17(7-5-15)29(27,28)22-16-8-11-23(12-9-16)13-14-25-19(26)24-10-2-1-3-18(24)21-25/h1-7,10,16,22H,8-9,11-14H2. The van der Waals surface area contributed by atoms with Crippen LogP contribution in [-0.2, 0) is 16.6 Å². The van der Waals surface area contributed by atoms with Gasteiger partial charge in [-0.1, -0.05) is 17.7 Å². The Morgan fingerprint density at radius 1 is 1.07 bits per heavy atom. The highest BCUT2D eigenvalue weighted by Crippen LogP contribution is 2.17. The van der Waals surface area contributed by atoms with Crippen LogP contribution in [0.4, 0.5) is 0 Å². The van der Waals surface area contributed by atoms with Gasteiger partial charge in [-0.15, -0.1) is 5.10 Å². The number of aromatic nitrogens is 3. The number of nitrogens with zero attached hydrogens (tertiary/aromatic N) is 4. The Morgan fingerprint density at radius 2 is 1.79 bits per heavy atom. The molecular weight excluding hydrogens is 414 g/mol. The molecule has 8 nitrogen and oxygen atoms in total. The first-order valence-electron chi connectivity index (χ1n) is 9.47. The number of likely N-dealkylation sites (tertiary alicyclic amines) is 1. The Kier molecular flexibility index (Phi) is 5.73. The molecule has 0 unspecified atom stereocenters. The van der Waals surface area contributed by atoms with Crippen molar-refractivity contribution in [3.8, 4) is 0 Å². The minimum Gasteiger partial charge on any atom is -0.301 e. The third kappa shape index (κ3) is 4.53. The van der Waals surface area contributed by atoms with Gasteiger partial charge in [0.15, 0.2) is 5.65 Å². The van der Waals surface area contributed by atoms with Crippen LogP contribution in [0.1, 0.15) is 12.8 Å². The smallest absolute Gasteiger partial charge is 0.301 e. The quantitative estimate of drug-likeness (QED) is 0.635. The molecule has 3 aromatic rings. The van der Waals surface area contributed by atoms with E-state index in [0.29, 0.717) is 36.6 Å². The van der Waals surface area contributed by atoms with Gasteiger partial charge < -0.3 is 4.90 Å². The zero-order valence-corrected chi connectivity index (χ0v) is 17.3. The first-order valence-corrected chi connectivity index (χ1v) is 11.3. The number of sulfonamides is 1. The lowest BCUT2D eigenvalue weighted by Crippen LogP contribution is -2.45. The van der Waals surface area contributed by atoms with Crippen LogP contribution >= 0.6 is 11.6 Å². The molecule has 1 aliphatic heterocycles. The summed E-state index contributed by atoms with van der Waals surface area (Å²) in [7, 11) is -3.56. The van der Waals surface area contributed by atoms with E-state index in [-0.39, 0.29) is 16.6 Å². The van der Waals surface area contributed by atoms with Crippen molar-refractivity contribution >= 4 is 27.3 Å². The van der Waals surface area contributed by atoms with E-state index in [1.807, 2.05) is 6.07 Å². The van der Waals surface area contributed by atoms with Gasteiger partial charge in [0.2, 0.25) is 10.0 Å². The monoisotopic (exact) mass is 435 g/mol. The maximum atomic E-state index is 12.5. The molecular formula is C19H22ClN5O3S. The molecule has 1 saturated heterocycles. The second kappa shape index (κ2) is 8.27. The van der Waals surface area contributed by atoms with E-state index in [9.17, 15) is 13.2 Å². The normalized spacial score (nSPS) is 16.4. The zero-order chi connectivity index (χ0) is 20.4. The molecule has 0 atom stereocenters. The molecule has 1 fully saturated rings. The fourth-order valence-corrected chi connectivity index (χ4v) is 4.96. The summed E-state index contributed by atoms with van der Waals surface area (Å²) in [5.41, 5.74) is 0.485. The van der Waals surface area contributed by atoms with Crippen molar-refractivity contribution < 1.29 is 8.42 Å². The molecule has 29 heavy (non-hydrogen) atoms. The maximum absolute atomic E-state index is 12.5. The van der Waals surface area contributed by atoms with Crippen molar-refractivity contribution in [3.63, 3.8) is 0 Å². The summed E-state index contributed by atoms with van der Waals surface area (Å²) in [5.74, 6) is 0. The minimum absolute atomic E-state index is 0.107. The molecule has 0 spiro atoms. The SMILES string of the molecule is O=c1n(CCN2CCC(NS(=O)(=O)c3ccc(Cl)cc3)CC2)nc2ccccn12. The maximum Gasteiger partial charge on any atom is 0.350 e. The Morgan fingerprint density at radius 3 is 2.48 bits per heavy atom. The molecule has 4 rings (SSSR count). The second-order valence-electron chi connectivity index (χ2n) is 7.13. The Hall–Kier alpha value is -2.20. The van der Waals surface area contributed by atoms with Crippen molar-refractivity contribution in [2.24, 2.45) is 0 Å². The van der Waals surface area contributed by atoms with Crippen LogP contribution < -0.4 is 10.4 Å². The topological polar surface area (TPSA) is 88.7 Å². The molecule has 0 aliphatic carbocycles. The number of hydrogen-bond acceptors (Lipinski definition) is 5. The van der Waals surface area contributed by atoms with Crippen molar-refractivity contribution in [1.82, 2.24) is 23.8 Å². The van der Waals surface area contributed by atoms with Crippen molar-refractivity contribution in [2.45, 2.75) is 30.3 Å². The third-order valence-electron chi connectivity index (χ3n) is 5.15. The van der Waals surface area contributed by atoms with Gasteiger partial charge in [-0.2, -0.15) is 0 Å². The molecule has 3 heterocycles. The van der Waals surface area contributed by atoms with E-state index in [1.165, 1.54) is 21.2 Å². The molecule has 1 N–H and O–H groups in total. The lowest BCUT2D eigenvalue weighted by atomic mass is 10.1. The van der Waals surface area contributed by atoms with Crippen LogP contribution in [-0.4, -0.2) is 53.2 Å². The summed E-state index contributed by atoms with van der Waals surface area (Å²) in [5, 5.41) is 4.84. The van der Waals surface area contributed by atoms with Crippen LogP contribution in [0.5, 0.6) is 0 Å². The minimum atomic E-state index is -3.56. The zero-order valence-electron chi connectivity index (χ0n) is 15.7. The summed E-state index contributed by atoms with van der Waals surface area (Å²) in [6.07, 6.45) is 3.14. The number of pyridine rings is 1. The number of benzene rings is 1. The second-order valence-corrected chi connectivity index (χ2v) is 9.28. The van der Waals surface area contributed by atoms with E-state index >= 15 is 0 Å². The molecule has 10 heteroatoms. The van der Waals surface area contributed by atoms with E-state index in [0.717, 1.165) is 13.1 Å². The first kappa shape index (κ1) is 20.1. The molecule has 2 aromatic heterocycles. The van der Waals surface area contributed by atoms with Gasteiger partial charge in [-0.05, 0) is 62.3 Å². The van der Waals surface area contributed by atoms with Gasteiger partial charge in [0.1, 0.15) is 0 Å². The fraction of sp³-hybridized carbons (Fsp3) is 0.368. The number of fused-ring (bicyclic) bond motifs is 1. The molecule has 1 aromatic carbocycles. The summed E-state index contributed by atoms with van der Waals surface area (Å²) < 4.78 is 30.8. The Bertz CT molecular complexity index is 1150. The van der Waals surface area contributed by atoms with Crippen LogP contribution in [0.2, 0.25) is 5.02 Å². The lowest BCUT2D eigenvalue weighted by molar-refractivity contribution is 0.197. The predicted octanol–water partition coefficient (Wildman–Crippen LogP) is 1.59. The van der Waals surface area contributed by atoms with E-state index in [4.69, 9.17) is 11.6 Å². The van der Waals surface area contributed by atoms with Crippen molar-refractivity contribution in [1.29, 1.82) is 0 Å². The number of piperidine rings is 1. The first-order chi connectivity index (χ1) is 13.9. The number of hydrogen-bond donors (Lipinski definition) is 1. The highest BCUT2D eigenvalue weighted by molar-refractivity contribution is 7.89. The summed E-state index contributed by atoms with van der Waals surface area (Å²) >= 11 is 5.83. The molecule has 0 saturated carbocycles. The van der Waals surface area contributed by atoms with E-state index < -0.39 is 10.0 Å². The van der Waals surface area contributed by atoms with Gasteiger partial charge in [0, 0.05) is 23.8 Å². The highest BCUT2D eigenvalue weighted by atomic mass is 35.5. The van der Waals surface area contributed by atoms with Crippen LogP contribution in [0, 0.1) is 0 Å². The lowest BCUT2D eigenvalue weighted by Gasteiger charge is -2.32. The Labute approximate surface area is 173 Å². The van der Waals surface area contributed by atoms with Crippen molar-refractivity contribution in [2.75, 3.05) is 19.6 Å². The fourth-order valence-electron chi connectivity index (χ4n) is 3.53. The van der Waals surface area contributed by atoms with Crippen LogP contribution in [0.3, 0.4) is 0 Å². The molecule has 1 aliphatic rings. The summed E-state index contributed by atoms with van der Waals surface area (Å²) in [6, 6.07) is 11.5. The van der Waals surface area contributed by atoms with Gasteiger partial charge in [0.05, 0.1) is 11.4 Å². The van der Waals surface area contributed by atoms with Gasteiger partial charge >= 0.3 is 5.69 Å². The highest BCUT2D eigenvalue weighted by Gasteiger charge is 2.24. The van der Waals surface area contributed by atoms with Crippen LogP contribution in [0.15, 0.2) is 58.4 Å². The van der Waals surface area contributed by atoms with E-state index in [2.05, 4.69) is 14.7 Å². The van der Waals surface area contributed by atoms with E-state index in [1.54, 1.807) is 30.5 Å². The molecule has 0 bridgehead atoms. The predicted molar refractivity (Wildman–Crippen MR) is 111 cm³/mol. The molecule has 154 valence electrons. The van der Waals surface area contributed by atoms with Gasteiger partial charge in [-0.3, -0.25) is 4.40 Å². The average Bonchev–Trinajstić information content (AvgIpc) is 3.03. The molecule has 0 amide bonds. The average molecular weight is 436 g/mol. The van der Waals surface area contributed by atoms with Crippen LogP contribution in [0.25, 0.3) is 5.65 Å². The number of halogens is 1. The molecule has 0 radical (unpaired) electrons. The summed E-state index contributed by atoms with van der Waals surface area (Å²) in [6.45, 7) is 2.72. The van der Waals surface area contributed by atoms with Crippen molar-refractivity contribution in [3.05, 3.63) is 64.2 Å².